The summed E-state index contributed by atoms with van der Waals surface area (Å²) in [6, 6.07) is 0. The average molecular weight is 139 g/mol. The van der Waals surface area contributed by atoms with Gasteiger partial charge in [-0.3, -0.25) is 0 Å². The molecule has 10 heavy (non-hydrogen) atoms. The molecule has 0 unspecified atom stereocenters. The third-order valence-electron chi connectivity index (χ3n) is 1.06. The van der Waals surface area contributed by atoms with E-state index >= 15 is 0 Å². The first kappa shape index (κ1) is 7.02. The monoisotopic (exact) mass is 139 g/mol. The van der Waals surface area contributed by atoms with Crippen LogP contribution >= 0.6 is 0 Å². The molecule has 0 atom stereocenters. The number of rotatable bonds is 3. The molecule has 0 bridgehead atoms. The lowest BCUT2D eigenvalue weighted by atomic mass is 10.3. The zero-order valence-corrected chi connectivity index (χ0v) is 5.53. The minimum absolute atomic E-state index is 0.182. The molecule has 0 saturated carbocycles. The van der Waals surface area contributed by atoms with E-state index < -0.39 is 0 Å². The number of hydrogen-bond donors (Lipinski definition) is 1. The second-order valence-corrected chi connectivity index (χ2v) is 1.87. The molecule has 0 spiro atoms. The van der Waals surface area contributed by atoms with Gasteiger partial charge in [0, 0.05) is 12.2 Å². The minimum atomic E-state index is 0.182. The Morgan fingerprint density at radius 1 is 1.70 bits per heavy atom. The van der Waals surface area contributed by atoms with Gasteiger partial charge < -0.3 is 9.63 Å². The fourth-order valence-corrected chi connectivity index (χ4v) is 0.589. The molecule has 0 radical (unpaired) electrons. The molecule has 0 aliphatic heterocycles. The first-order valence-electron chi connectivity index (χ1n) is 3.10. The predicted molar refractivity (Wildman–Crippen MR) is 37.2 cm³/mol. The van der Waals surface area contributed by atoms with Crippen molar-refractivity contribution in [2.45, 2.75) is 6.42 Å². The summed E-state index contributed by atoms with van der Waals surface area (Å²) in [6.45, 7) is 0.182. The molecule has 3 heteroatoms. The fourth-order valence-electron chi connectivity index (χ4n) is 0.589. The van der Waals surface area contributed by atoms with Crippen molar-refractivity contribution in [1.29, 1.82) is 0 Å². The third kappa shape index (κ3) is 2.03. The zero-order chi connectivity index (χ0) is 7.23. The first-order valence-corrected chi connectivity index (χ1v) is 3.10. The molecule has 0 aromatic carbocycles. The summed E-state index contributed by atoms with van der Waals surface area (Å²) in [6.07, 6.45) is 7.56. The summed E-state index contributed by atoms with van der Waals surface area (Å²) in [4.78, 5) is 0. The van der Waals surface area contributed by atoms with Crippen molar-refractivity contribution >= 4 is 6.08 Å². The molecule has 0 aliphatic carbocycles. The maximum atomic E-state index is 8.40. The molecular weight excluding hydrogens is 130 g/mol. The Labute approximate surface area is 59.0 Å². The summed E-state index contributed by atoms with van der Waals surface area (Å²) in [5, 5.41) is 11.9. The standard InChI is InChI=1S/C7H9NO2/c9-4-2-1-3-7-5-8-10-6-7/h1,3,5-6,9H,2,4H2. The molecule has 1 aromatic rings. The Hall–Kier alpha value is -1.09. The van der Waals surface area contributed by atoms with Crippen LogP contribution in [0.1, 0.15) is 12.0 Å². The van der Waals surface area contributed by atoms with E-state index in [0.29, 0.717) is 6.42 Å². The first-order chi connectivity index (χ1) is 4.93. The van der Waals surface area contributed by atoms with Gasteiger partial charge in [0.2, 0.25) is 0 Å². The number of hydrogen-bond acceptors (Lipinski definition) is 3. The number of aliphatic hydroxyl groups is 1. The van der Waals surface area contributed by atoms with E-state index in [-0.39, 0.29) is 6.61 Å². The summed E-state index contributed by atoms with van der Waals surface area (Å²) in [7, 11) is 0. The Bertz CT molecular complexity index is 191. The van der Waals surface area contributed by atoms with Crippen LogP contribution in [0, 0.1) is 0 Å². The van der Waals surface area contributed by atoms with E-state index in [1.165, 1.54) is 0 Å². The Morgan fingerprint density at radius 2 is 2.60 bits per heavy atom. The maximum Gasteiger partial charge on any atom is 0.131 e. The molecule has 0 saturated heterocycles. The lowest BCUT2D eigenvalue weighted by Gasteiger charge is -1.81. The molecule has 1 aromatic heterocycles. The van der Waals surface area contributed by atoms with Crippen molar-refractivity contribution < 1.29 is 9.63 Å². The summed E-state index contributed by atoms with van der Waals surface area (Å²) >= 11 is 0. The van der Waals surface area contributed by atoms with Crippen molar-refractivity contribution in [3.05, 3.63) is 24.1 Å². The van der Waals surface area contributed by atoms with Gasteiger partial charge >= 0.3 is 0 Å². The van der Waals surface area contributed by atoms with Crippen molar-refractivity contribution in [3.8, 4) is 0 Å². The summed E-state index contributed by atoms with van der Waals surface area (Å²) in [5.74, 6) is 0. The van der Waals surface area contributed by atoms with Crippen LogP contribution in [0.2, 0.25) is 0 Å². The quantitative estimate of drug-likeness (QED) is 0.681. The highest BCUT2D eigenvalue weighted by Gasteiger charge is 1.85. The van der Waals surface area contributed by atoms with Crippen LogP contribution in [0.15, 0.2) is 23.1 Å². The molecule has 54 valence electrons. The van der Waals surface area contributed by atoms with Crippen LogP contribution in [-0.2, 0) is 0 Å². The van der Waals surface area contributed by atoms with E-state index in [4.69, 9.17) is 5.11 Å². The van der Waals surface area contributed by atoms with Gasteiger partial charge in [0.1, 0.15) is 6.26 Å². The van der Waals surface area contributed by atoms with Gasteiger partial charge in [-0.1, -0.05) is 17.3 Å². The Kier molecular flexibility index (Phi) is 2.70. The van der Waals surface area contributed by atoms with Crippen LogP contribution < -0.4 is 0 Å². The Balaban J connectivity index is 2.40. The topological polar surface area (TPSA) is 46.3 Å². The van der Waals surface area contributed by atoms with Gasteiger partial charge in [-0.05, 0) is 6.42 Å². The second-order valence-electron chi connectivity index (χ2n) is 1.87. The molecule has 0 fully saturated rings. The normalized spacial score (nSPS) is 10.9. The van der Waals surface area contributed by atoms with E-state index in [0.717, 1.165) is 5.56 Å². The van der Waals surface area contributed by atoms with Gasteiger partial charge in [0.15, 0.2) is 0 Å². The molecule has 1 heterocycles. The molecule has 0 aliphatic rings. The van der Waals surface area contributed by atoms with Gasteiger partial charge in [-0.15, -0.1) is 0 Å². The van der Waals surface area contributed by atoms with Crippen LogP contribution in [0.3, 0.4) is 0 Å². The zero-order valence-electron chi connectivity index (χ0n) is 5.53. The molecular formula is C7H9NO2. The predicted octanol–water partition coefficient (Wildman–Crippen LogP) is 1.07. The third-order valence-corrected chi connectivity index (χ3v) is 1.06. The van der Waals surface area contributed by atoms with Crippen LogP contribution in [0.4, 0.5) is 0 Å². The van der Waals surface area contributed by atoms with Gasteiger partial charge in [0.25, 0.3) is 0 Å². The smallest absolute Gasteiger partial charge is 0.131 e. The fraction of sp³-hybridized carbons (Fsp3) is 0.286. The highest BCUT2D eigenvalue weighted by atomic mass is 16.5. The van der Waals surface area contributed by atoms with Gasteiger partial charge in [-0.25, -0.2) is 0 Å². The minimum Gasteiger partial charge on any atom is -0.396 e. The number of aromatic nitrogens is 1. The highest BCUT2D eigenvalue weighted by Crippen LogP contribution is 1.99. The molecule has 3 nitrogen and oxygen atoms in total. The molecule has 1 N–H and O–H groups in total. The molecule has 1 rings (SSSR count). The summed E-state index contributed by atoms with van der Waals surface area (Å²) < 4.78 is 4.58. The average Bonchev–Trinajstić information content (AvgIpc) is 2.41. The SMILES string of the molecule is OCCC=Cc1cnoc1. The second kappa shape index (κ2) is 3.85. The van der Waals surface area contributed by atoms with Crippen molar-refractivity contribution in [2.24, 2.45) is 0 Å². The highest BCUT2D eigenvalue weighted by molar-refractivity contribution is 5.45. The van der Waals surface area contributed by atoms with Crippen molar-refractivity contribution in [2.75, 3.05) is 6.61 Å². The van der Waals surface area contributed by atoms with Gasteiger partial charge in [-0.2, -0.15) is 0 Å². The van der Waals surface area contributed by atoms with Crippen molar-refractivity contribution in [1.82, 2.24) is 5.16 Å². The molecule has 0 amide bonds. The van der Waals surface area contributed by atoms with E-state index in [9.17, 15) is 0 Å². The Morgan fingerprint density at radius 3 is 3.20 bits per heavy atom. The van der Waals surface area contributed by atoms with Crippen molar-refractivity contribution in [3.63, 3.8) is 0 Å². The number of nitrogens with zero attached hydrogens (tertiary/aromatic N) is 1. The number of aliphatic hydroxyl groups excluding tert-OH is 1. The van der Waals surface area contributed by atoms with E-state index in [1.54, 1.807) is 12.5 Å². The van der Waals surface area contributed by atoms with Crippen LogP contribution in [0.5, 0.6) is 0 Å². The van der Waals surface area contributed by atoms with Gasteiger partial charge in [0.05, 0.1) is 6.20 Å². The van der Waals surface area contributed by atoms with E-state index in [1.807, 2.05) is 12.2 Å². The van der Waals surface area contributed by atoms with E-state index in [2.05, 4.69) is 9.68 Å². The largest absolute Gasteiger partial charge is 0.396 e. The van der Waals surface area contributed by atoms with Crippen LogP contribution in [0.25, 0.3) is 6.08 Å². The summed E-state index contributed by atoms with van der Waals surface area (Å²) in [5.41, 5.74) is 0.924. The maximum absolute atomic E-state index is 8.40. The van der Waals surface area contributed by atoms with Crippen LogP contribution in [-0.4, -0.2) is 16.9 Å². The lowest BCUT2D eigenvalue weighted by molar-refractivity contribution is 0.303. The lowest BCUT2D eigenvalue weighted by Crippen LogP contribution is -1.74.